The van der Waals surface area contributed by atoms with E-state index in [0.29, 0.717) is 31.6 Å². The summed E-state index contributed by atoms with van der Waals surface area (Å²) in [7, 11) is 0. The van der Waals surface area contributed by atoms with Gasteiger partial charge in [0.25, 0.3) is 0 Å². The molecule has 1 aromatic heterocycles. The smallest absolute Gasteiger partial charge is 0.410 e. The highest BCUT2D eigenvalue weighted by Gasteiger charge is 2.30. The van der Waals surface area contributed by atoms with E-state index in [4.69, 9.17) is 4.74 Å². The number of carbonyl (C=O) groups excluding carboxylic acids is 1. The highest BCUT2D eigenvalue weighted by Crippen LogP contribution is 2.28. The van der Waals surface area contributed by atoms with Crippen LogP contribution in [0, 0.1) is 0 Å². The maximum Gasteiger partial charge on any atom is 0.410 e. The van der Waals surface area contributed by atoms with E-state index in [9.17, 15) is 9.90 Å². The number of benzene rings is 1. The normalized spacial score (nSPS) is 14.4. The number of amides is 1. The first-order valence-corrected chi connectivity index (χ1v) is 8.13. The Morgan fingerprint density at radius 3 is 2.67 bits per heavy atom. The van der Waals surface area contributed by atoms with Crippen LogP contribution in [0.25, 0.3) is 0 Å². The van der Waals surface area contributed by atoms with Gasteiger partial charge in [-0.3, -0.25) is 0 Å². The molecular weight excluding hydrogens is 306 g/mol. The molecule has 0 saturated carbocycles. The van der Waals surface area contributed by atoms with Crippen LogP contribution < -0.4 is 0 Å². The largest absolute Gasteiger partial charge is 0.493 e. The topological polar surface area (TPSA) is 67.6 Å². The van der Waals surface area contributed by atoms with Crippen LogP contribution in [0.4, 0.5) is 4.79 Å². The Labute approximate surface area is 141 Å². The highest BCUT2D eigenvalue weighted by molar-refractivity contribution is 5.68. The molecule has 0 fully saturated rings. The van der Waals surface area contributed by atoms with Crippen molar-refractivity contribution in [1.82, 2.24) is 14.7 Å². The molecule has 3 rings (SSSR count). The fraction of sp³-hybridized carbons (Fsp3) is 0.444. The van der Waals surface area contributed by atoms with Gasteiger partial charge in [-0.15, -0.1) is 0 Å². The summed E-state index contributed by atoms with van der Waals surface area (Å²) in [6, 6.07) is 9.86. The third kappa shape index (κ3) is 3.53. The molecule has 1 aromatic carbocycles. The SMILES string of the molecule is CC(C)(C)OC(=O)N1CCc2nn(Cc3ccccc3)c(O)c2C1. The fourth-order valence-corrected chi connectivity index (χ4v) is 2.76. The minimum Gasteiger partial charge on any atom is -0.493 e. The van der Waals surface area contributed by atoms with Crippen LogP contribution in [0.5, 0.6) is 5.88 Å². The molecule has 0 spiro atoms. The number of fused-ring (bicyclic) bond motifs is 1. The van der Waals surface area contributed by atoms with Gasteiger partial charge in [-0.2, -0.15) is 5.10 Å². The van der Waals surface area contributed by atoms with Gasteiger partial charge in [-0.1, -0.05) is 30.3 Å². The van der Waals surface area contributed by atoms with E-state index in [1.807, 2.05) is 51.1 Å². The third-order valence-electron chi connectivity index (χ3n) is 3.90. The number of hydrogen-bond acceptors (Lipinski definition) is 4. The zero-order valence-corrected chi connectivity index (χ0v) is 14.3. The standard InChI is InChI=1S/C18H23N3O3/c1-18(2,3)24-17(23)20-10-9-15-14(12-20)16(22)21(19-15)11-13-7-5-4-6-8-13/h4-8,22H,9-12H2,1-3H3. The molecule has 0 saturated heterocycles. The number of nitrogens with zero attached hydrogens (tertiary/aromatic N) is 3. The maximum absolute atomic E-state index is 12.2. The fourth-order valence-electron chi connectivity index (χ4n) is 2.76. The summed E-state index contributed by atoms with van der Waals surface area (Å²) >= 11 is 0. The molecular formula is C18H23N3O3. The second kappa shape index (κ2) is 6.19. The lowest BCUT2D eigenvalue weighted by molar-refractivity contribution is 0.0222. The van der Waals surface area contributed by atoms with Crippen molar-refractivity contribution in [1.29, 1.82) is 0 Å². The van der Waals surface area contributed by atoms with E-state index >= 15 is 0 Å². The summed E-state index contributed by atoms with van der Waals surface area (Å²) in [5, 5.41) is 15.0. The quantitative estimate of drug-likeness (QED) is 0.920. The lowest BCUT2D eigenvalue weighted by atomic mass is 10.1. The van der Waals surface area contributed by atoms with Crippen molar-refractivity contribution in [2.75, 3.05) is 6.54 Å². The molecule has 0 aliphatic carbocycles. The lowest BCUT2D eigenvalue weighted by Crippen LogP contribution is -2.39. The summed E-state index contributed by atoms with van der Waals surface area (Å²) in [4.78, 5) is 13.8. The minimum atomic E-state index is -0.531. The van der Waals surface area contributed by atoms with Crippen molar-refractivity contribution in [2.24, 2.45) is 0 Å². The molecule has 2 heterocycles. The molecule has 1 N–H and O–H groups in total. The Bertz CT molecular complexity index is 732. The molecule has 6 nitrogen and oxygen atoms in total. The van der Waals surface area contributed by atoms with E-state index < -0.39 is 5.60 Å². The summed E-state index contributed by atoms with van der Waals surface area (Å²) in [5.41, 5.74) is 2.10. The second-order valence-corrected chi connectivity index (χ2v) is 7.04. The zero-order chi connectivity index (χ0) is 17.3. The molecule has 0 atom stereocenters. The van der Waals surface area contributed by atoms with Crippen LogP contribution in [0.1, 0.15) is 37.6 Å². The summed E-state index contributed by atoms with van der Waals surface area (Å²) in [6.07, 6.45) is 0.257. The Hall–Kier alpha value is -2.50. The molecule has 1 aliphatic rings. The predicted octanol–water partition coefficient (Wildman–Crippen LogP) is 2.93. The van der Waals surface area contributed by atoms with E-state index in [1.165, 1.54) is 0 Å². The van der Waals surface area contributed by atoms with E-state index in [-0.39, 0.29) is 12.0 Å². The number of ether oxygens (including phenoxy) is 1. The number of rotatable bonds is 2. The molecule has 0 radical (unpaired) electrons. The van der Waals surface area contributed by atoms with Crippen molar-refractivity contribution in [3.63, 3.8) is 0 Å². The Morgan fingerprint density at radius 2 is 2.00 bits per heavy atom. The molecule has 1 aliphatic heterocycles. The van der Waals surface area contributed by atoms with Gasteiger partial charge in [-0.25, -0.2) is 9.48 Å². The molecule has 6 heteroatoms. The second-order valence-electron chi connectivity index (χ2n) is 7.04. The number of carbonyl (C=O) groups is 1. The van der Waals surface area contributed by atoms with Crippen LogP contribution in [0.2, 0.25) is 0 Å². The van der Waals surface area contributed by atoms with Crippen LogP contribution in [0.3, 0.4) is 0 Å². The average molecular weight is 329 g/mol. The summed E-state index contributed by atoms with van der Waals surface area (Å²) in [6.45, 7) is 6.90. The van der Waals surface area contributed by atoms with Crippen molar-refractivity contribution < 1.29 is 14.6 Å². The van der Waals surface area contributed by atoms with Gasteiger partial charge >= 0.3 is 6.09 Å². The van der Waals surface area contributed by atoms with Gasteiger partial charge in [-0.05, 0) is 26.3 Å². The van der Waals surface area contributed by atoms with Gasteiger partial charge in [0.05, 0.1) is 24.3 Å². The van der Waals surface area contributed by atoms with Gasteiger partial charge in [0.15, 0.2) is 0 Å². The lowest BCUT2D eigenvalue weighted by Gasteiger charge is -2.29. The number of aromatic nitrogens is 2. The summed E-state index contributed by atoms with van der Waals surface area (Å²) < 4.78 is 7.01. The molecule has 0 bridgehead atoms. The van der Waals surface area contributed by atoms with Crippen LogP contribution >= 0.6 is 0 Å². The maximum atomic E-state index is 12.2. The number of hydrogen-bond donors (Lipinski definition) is 1. The summed E-state index contributed by atoms with van der Waals surface area (Å²) in [5.74, 6) is 0.127. The first kappa shape index (κ1) is 16.4. The molecule has 2 aromatic rings. The van der Waals surface area contributed by atoms with Crippen molar-refractivity contribution in [2.45, 2.75) is 45.9 Å². The Kier molecular flexibility index (Phi) is 4.22. The molecule has 1 amide bonds. The first-order valence-electron chi connectivity index (χ1n) is 8.13. The van der Waals surface area contributed by atoms with E-state index in [0.717, 1.165) is 11.3 Å². The van der Waals surface area contributed by atoms with Crippen LogP contribution in [-0.2, 0) is 24.2 Å². The number of aromatic hydroxyl groups is 1. The van der Waals surface area contributed by atoms with Crippen molar-refractivity contribution >= 4 is 6.09 Å². The zero-order valence-electron chi connectivity index (χ0n) is 14.3. The van der Waals surface area contributed by atoms with Gasteiger partial charge in [0, 0.05) is 13.0 Å². The van der Waals surface area contributed by atoms with Crippen LogP contribution in [-0.4, -0.2) is 38.0 Å². The monoisotopic (exact) mass is 329 g/mol. The molecule has 0 unspecified atom stereocenters. The first-order chi connectivity index (χ1) is 11.3. The van der Waals surface area contributed by atoms with Gasteiger partial charge in [0.2, 0.25) is 5.88 Å². The Morgan fingerprint density at radius 1 is 1.29 bits per heavy atom. The third-order valence-corrected chi connectivity index (χ3v) is 3.90. The average Bonchev–Trinajstić information content (AvgIpc) is 2.82. The van der Waals surface area contributed by atoms with E-state index in [2.05, 4.69) is 5.10 Å². The van der Waals surface area contributed by atoms with Gasteiger partial charge < -0.3 is 14.7 Å². The van der Waals surface area contributed by atoms with E-state index in [1.54, 1.807) is 9.58 Å². The van der Waals surface area contributed by atoms with Crippen molar-refractivity contribution in [3.05, 3.63) is 47.2 Å². The van der Waals surface area contributed by atoms with Crippen molar-refractivity contribution in [3.8, 4) is 5.88 Å². The molecule has 128 valence electrons. The Balaban J connectivity index is 1.76. The minimum absolute atomic E-state index is 0.127. The predicted molar refractivity (Wildman–Crippen MR) is 89.8 cm³/mol. The van der Waals surface area contributed by atoms with Gasteiger partial charge in [0.1, 0.15) is 5.60 Å². The molecule has 24 heavy (non-hydrogen) atoms. The van der Waals surface area contributed by atoms with Crippen LogP contribution in [0.15, 0.2) is 30.3 Å². The highest BCUT2D eigenvalue weighted by atomic mass is 16.6.